The Kier molecular flexibility index (Phi) is 5.40. The second kappa shape index (κ2) is 7.09. The van der Waals surface area contributed by atoms with E-state index < -0.39 is 5.54 Å². The lowest BCUT2D eigenvalue weighted by atomic mass is 9.87. The van der Waals surface area contributed by atoms with Gasteiger partial charge >= 0.3 is 6.03 Å². The van der Waals surface area contributed by atoms with Crippen molar-refractivity contribution in [2.75, 3.05) is 13.2 Å². The van der Waals surface area contributed by atoms with Gasteiger partial charge in [0.2, 0.25) is 0 Å². The summed E-state index contributed by atoms with van der Waals surface area (Å²) in [4.78, 5) is 18.8. The monoisotopic (exact) mass is 305 g/mol. The number of carbonyl (C=O) groups is 1. The Balaban J connectivity index is 2.01. The lowest BCUT2D eigenvalue weighted by Crippen LogP contribution is -2.54. The van der Waals surface area contributed by atoms with Crippen molar-refractivity contribution < 1.29 is 9.90 Å². The van der Waals surface area contributed by atoms with Gasteiger partial charge in [-0.25, -0.2) is 4.79 Å². The molecule has 1 aliphatic rings. The Labute approximate surface area is 132 Å². The number of likely N-dealkylation sites (tertiary alicyclic amines) is 1. The largest absolute Gasteiger partial charge is 0.394 e. The van der Waals surface area contributed by atoms with Crippen molar-refractivity contribution in [1.29, 1.82) is 0 Å². The Morgan fingerprint density at radius 2 is 2.27 bits per heavy atom. The third-order valence-electron chi connectivity index (χ3n) is 4.29. The maximum absolute atomic E-state index is 12.5. The van der Waals surface area contributed by atoms with Crippen LogP contribution in [0.5, 0.6) is 0 Å². The van der Waals surface area contributed by atoms with Gasteiger partial charge in [-0.05, 0) is 44.2 Å². The van der Waals surface area contributed by atoms with Crippen LogP contribution in [0.2, 0.25) is 0 Å². The molecule has 0 aliphatic carbocycles. The van der Waals surface area contributed by atoms with Crippen LogP contribution >= 0.6 is 0 Å². The van der Waals surface area contributed by atoms with Crippen LogP contribution in [0.4, 0.5) is 4.79 Å². The number of aromatic nitrogens is 1. The molecule has 1 aliphatic heterocycles. The number of aryl methyl sites for hydroxylation is 1. The highest BCUT2D eigenvalue weighted by atomic mass is 16.3. The van der Waals surface area contributed by atoms with E-state index in [1.807, 2.05) is 30.0 Å². The van der Waals surface area contributed by atoms with Gasteiger partial charge in [-0.1, -0.05) is 19.9 Å². The number of carbonyl (C=O) groups excluding carboxylic acids is 1. The first kappa shape index (κ1) is 16.7. The molecule has 2 N–H and O–H groups in total. The van der Waals surface area contributed by atoms with E-state index in [1.54, 1.807) is 0 Å². The van der Waals surface area contributed by atoms with Gasteiger partial charge in [-0.2, -0.15) is 0 Å². The van der Waals surface area contributed by atoms with E-state index in [1.165, 1.54) is 0 Å². The van der Waals surface area contributed by atoms with Crippen molar-refractivity contribution in [3.05, 3.63) is 29.6 Å². The molecule has 0 radical (unpaired) electrons. The molecule has 122 valence electrons. The molecule has 0 bridgehead atoms. The summed E-state index contributed by atoms with van der Waals surface area (Å²) in [5.74, 6) is 0.444. The third-order valence-corrected chi connectivity index (χ3v) is 4.29. The fourth-order valence-electron chi connectivity index (χ4n) is 3.42. The highest BCUT2D eigenvalue weighted by Gasteiger charge is 2.43. The van der Waals surface area contributed by atoms with Crippen molar-refractivity contribution in [2.24, 2.45) is 5.92 Å². The molecule has 2 amide bonds. The number of urea groups is 1. The zero-order valence-electron chi connectivity index (χ0n) is 13.8. The molecule has 0 aromatic carbocycles. The number of hydrogen-bond donors (Lipinski definition) is 2. The molecule has 1 fully saturated rings. The number of amides is 2. The van der Waals surface area contributed by atoms with Crippen molar-refractivity contribution >= 4 is 6.03 Å². The van der Waals surface area contributed by atoms with E-state index in [0.29, 0.717) is 19.0 Å². The van der Waals surface area contributed by atoms with Gasteiger partial charge < -0.3 is 15.3 Å². The molecule has 1 aromatic heterocycles. The molecular formula is C17H27N3O2. The van der Waals surface area contributed by atoms with Crippen molar-refractivity contribution in [1.82, 2.24) is 15.2 Å². The zero-order chi connectivity index (χ0) is 16.2. The number of nitrogens with one attached hydrogen (secondary N) is 1. The predicted molar refractivity (Wildman–Crippen MR) is 86.4 cm³/mol. The number of nitrogens with zero attached hydrogens (tertiary/aromatic N) is 2. The van der Waals surface area contributed by atoms with Crippen LogP contribution < -0.4 is 5.32 Å². The summed E-state index contributed by atoms with van der Waals surface area (Å²) in [6, 6.07) is 5.68. The van der Waals surface area contributed by atoms with Crippen LogP contribution in [-0.2, 0) is 6.54 Å². The van der Waals surface area contributed by atoms with Crippen LogP contribution in [-0.4, -0.2) is 39.7 Å². The minimum absolute atomic E-state index is 0.0291. The fourth-order valence-corrected chi connectivity index (χ4v) is 3.42. The molecule has 0 saturated carbocycles. The Bertz CT molecular complexity index is 518. The molecule has 1 saturated heterocycles. The first-order valence-corrected chi connectivity index (χ1v) is 8.06. The lowest BCUT2D eigenvalue weighted by molar-refractivity contribution is 0.0675. The second-order valence-electron chi connectivity index (χ2n) is 6.66. The van der Waals surface area contributed by atoms with E-state index in [0.717, 1.165) is 30.7 Å². The van der Waals surface area contributed by atoms with Crippen LogP contribution in [0.3, 0.4) is 0 Å². The molecule has 22 heavy (non-hydrogen) atoms. The fraction of sp³-hybridized carbons (Fsp3) is 0.647. The molecule has 1 atom stereocenters. The lowest BCUT2D eigenvalue weighted by Gasteiger charge is -2.38. The summed E-state index contributed by atoms with van der Waals surface area (Å²) < 4.78 is 0. The first-order valence-electron chi connectivity index (χ1n) is 8.06. The van der Waals surface area contributed by atoms with Crippen LogP contribution in [0.25, 0.3) is 0 Å². The van der Waals surface area contributed by atoms with Gasteiger partial charge in [0.25, 0.3) is 0 Å². The number of hydrogen-bond acceptors (Lipinski definition) is 3. The van der Waals surface area contributed by atoms with Crippen molar-refractivity contribution in [3.8, 4) is 0 Å². The molecule has 2 heterocycles. The third kappa shape index (κ3) is 3.77. The van der Waals surface area contributed by atoms with Crippen LogP contribution in [0.1, 0.15) is 44.5 Å². The van der Waals surface area contributed by atoms with E-state index in [9.17, 15) is 9.90 Å². The highest BCUT2D eigenvalue weighted by Crippen LogP contribution is 2.34. The summed E-state index contributed by atoms with van der Waals surface area (Å²) in [5.41, 5.74) is 1.39. The van der Waals surface area contributed by atoms with E-state index in [4.69, 9.17) is 0 Å². The predicted octanol–water partition coefficient (Wildman–Crippen LogP) is 2.47. The van der Waals surface area contributed by atoms with Gasteiger partial charge in [0.15, 0.2) is 0 Å². The average molecular weight is 305 g/mol. The summed E-state index contributed by atoms with van der Waals surface area (Å²) >= 11 is 0. The quantitative estimate of drug-likeness (QED) is 0.878. The molecule has 5 heteroatoms. The van der Waals surface area contributed by atoms with E-state index >= 15 is 0 Å². The normalized spacial score (nSPS) is 21.4. The number of rotatable bonds is 5. The molecular weight excluding hydrogens is 278 g/mol. The van der Waals surface area contributed by atoms with E-state index in [2.05, 4.69) is 24.1 Å². The summed E-state index contributed by atoms with van der Waals surface area (Å²) in [6.07, 6.45) is 2.65. The minimum atomic E-state index is -0.404. The number of aliphatic hydroxyl groups is 1. The first-order chi connectivity index (χ1) is 10.5. The molecule has 1 aromatic rings. The van der Waals surface area contributed by atoms with Crippen molar-refractivity contribution in [2.45, 2.75) is 52.1 Å². The van der Waals surface area contributed by atoms with E-state index in [-0.39, 0.29) is 12.6 Å². The minimum Gasteiger partial charge on any atom is -0.394 e. The van der Waals surface area contributed by atoms with Gasteiger partial charge in [0.1, 0.15) is 0 Å². The van der Waals surface area contributed by atoms with Gasteiger partial charge in [-0.3, -0.25) is 4.98 Å². The molecule has 5 nitrogen and oxygen atoms in total. The Hall–Kier alpha value is -1.62. The molecule has 1 unspecified atom stereocenters. The standard InChI is InChI=1S/C17H27N3O2/c1-13(2)10-17(12-21)8-5-9-20(17)16(22)18-11-15-7-4-6-14(3)19-15/h4,6-7,13,21H,5,8-12H2,1-3H3,(H,18,22). The zero-order valence-corrected chi connectivity index (χ0v) is 13.8. The van der Waals surface area contributed by atoms with Gasteiger partial charge in [0.05, 0.1) is 24.4 Å². The SMILES string of the molecule is Cc1cccc(CNC(=O)N2CCCC2(CO)CC(C)C)n1. The maximum Gasteiger partial charge on any atom is 0.318 e. The highest BCUT2D eigenvalue weighted by molar-refractivity contribution is 5.75. The average Bonchev–Trinajstić information content (AvgIpc) is 2.88. The van der Waals surface area contributed by atoms with Gasteiger partial charge in [0, 0.05) is 12.2 Å². The summed E-state index contributed by atoms with van der Waals surface area (Å²) in [7, 11) is 0. The van der Waals surface area contributed by atoms with Crippen molar-refractivity contribution in [3.63, 3.8) is 0 Å². The molecule has 2 rings (SSSR count). The Morgan fingerprint density at radius 3 is 2.91 bits per heavy atom. The maximum atomic E-state index is 12.5. The number of aliphatic hydroxyl groups excluding tert-OH is 1. The number of pyridine rings is 1. The molecule has 0 spiro atoms. The van der Waals surface area contributed by atoms with Crippen LogP contribution in [0, 0.1) is 12.8 Å². The van der Waals surface area contributed by atoms with Crippen LogP contribution in [0.15, 0.2) is 18.2 Å². The Morgan fingerprint density at radius 1 is 1.50 bits per heavy atom. The topological polar surface area (TPSA) is 65.5 Å². The van der Waals surface area contributed by atoms with Gasteiger partial charge in [-0.15, -0.1) is 0 Å². The second-order valence-corrected chi connectivity index (χ2v) is 6.66. The summed E-state index contributed by atoms with van der Waals surface area (Å²) in [5, 5.41) is 12.8. The summed E-state index contributed by atoms with van der Waals surface area (Å²) in [6.45, 7) is 7.35. The smallest absolute Gasteiger partial charge is 0.318 e.